The van der Waals surface area contributed by atoms with Gasteiger partial charge in [0.15, 0.2) is 0 Å². The molecule has 1 aliphatic heterocycles. The monoisotopic (exact) mass is 356 g/mol. The molecule has 0 aromatic heterocycles. The van der Waals surface area contributed by atoms with E-state index in [0.29, 0.717) is 18.1 Å². The zero-order chi connectivity index (χ0) is 18.0. The molecule has 4 nitrogen and oxygen atoms in total. The van der Waals surface area contributed by atoms with E-state index < -0.39 is 0 Å². The maximum absolute atomic E-state index is 12.4. The minimum absolute atomic E-state index is 0.00473. The van der Waals surface area contributed by atoms with Crippen molar-refractivity contribution in [1.29, 1.82) is 0 Å². The first-order valence-corrected chi connectivity index (χ1v) is 8.71. The Kier molecular flexibility index (Phi) is 5.09. The Morgan fingerprint density at radius 1 is 1.16 bits per heavy atom. The molecule has 0 spiro atoms. The number of benzene rings is 2. The second-order valence-electron chi connectivity index (χ2n) is 6.52. The molecule has 2 amide bonds. The van der Waals surface area contributed by atoms with Gasteiger partial charge in [-0.15, -0.1) is 0 Å². The van der Waals surface area contributed by atoms with E-state index in [-0.39, 0.29) is 24.2 Å². The highest BCUT2D eigenvalue weighted by Gasteiger charge is 2.35. The Bertz CT molecular complexity index is 802. The number of carbonyl (C=O) groups is 2. The van der Waals surface area contributed by atoms with Crippen molar-refractivity contribution in [2.24, 2.45) is 5.92 Å². The van der Waals surface area contributed by atoms with Crippen LogP contribution in [-0.4, -0.2) is 18.4 Å². The van der Waals surface area contributed by atoms with E-state index in [4.69, 9.17) is 11.6 Å². The second kappa shape index (κ2) is 7.28. The maximum Gasteiger partial charge on any atom is 0.227 e. The molecule has 1 heterocycles. The third-order valence-corrected chi connectivity index (χ3v) is 4.93. The van der Waals surface area contributed by atoms with Gasteiger partial charge in [0.25, 0.3) is 0 Å². The number of hydrogen-bond donors (Lipinski definition) is 1. The summed E-state index contributed by atoms with van der Waals surface area (Å²) in [5, 5.41) is 3.58. The lowest BCUT2D eigenvalue weighted by Gasteiger charge is -2.18. The number of amides is 2. The summed E-state index contributed by atoms with van der Waals surface area (Å²) in [6.07, 6.45) is 0.249. The summed E-state index contributed by atoms with van der Waals surface area (Å²) in [4.78, 5) is 26.4. The molecular weight excluding hydrogens is 336 g/mol. The number of hydrogen-bond acceptors (Lipinski definition) is 2. The van der Waals surface area contributed by atoms with Gasteiger partial charge in [-0.05, 0) is 54.8 Å². The molecule has 2 aromatic carbocycles. The number of carbonyl (C=O) groups excluding carboxylic acids is 2. The molecule has 130 valence electrons. The summed E-state index contributed by atoms with van der Waals surface area (Å²) in [5.41, 5.74) is 4.17. The molecule has 0 bridgehead atoms. The van der Waals surface area contributed by atoms with Crippen LogP contribution in [0, 0.1) is 19.8 Å². The second-order valence-corrected chi connectivity index (χ2v) is 6.95. The van der Waals surface area contributed by atoms with Crippen LogP contribution in [0.25, 0.3) is 0 Å². The fourth-order valence-electron chi connectivity index (χ4n) is 2.96. The molecule has 3 rings (SSSR count). The summed E-state index contributed by atoms with van der Waals surface area (Å²) < 4.78 is 0. The van der Waals surface area contributed by atoms with E-state index in [9.17, 15) is 9.59 Å². The zero-order valence-corrected chi connectivity index (χ0v) is 15.1. The van der Waals surface area contributed by atoms with Gasteiger partial charge in [-0.2, -0.15) is 0 Å². The fourth-order valence-corrected chi connectivity index (χ4v) is 3.09. The lowest BCUT2D eigenvalue weighted by molar-refractivity contribution is -0.126. The van der Waals surface area contributed by atoms with Crippen molar-refractivity contribution in [3.8, 4) is 0 Å². The lowest BCUT2D eigenvalue weighted by Crippen LogP contribution is -2.32. The Morgan fingerprint density at radius 3 is 2.56 bits per heavy atom. The topological polar surface area (TPSA) is 49.4 Å². The SMILES string of the molecule is Cc1ccc(N2C[C@@H](C(=O)NCc3ccc(Cl)cc3)CC2=O)cc1C. The van der Waals surface area contributed by atoms with Gasteiger partial charge in [0.05, 0.1) is 5.92 Å². The van der Waals surface area contributed by atoms with Gasteiger partial charge in [0, 0.05) is 30.2 Å². The summed E-state index contributed by atoms with van der Waals surface area (Å²) >= 11 is 5.86. The van der Waals surface area contributed by atoms with Gasteiger partial charge in [-0.3, -0.25) is 9.59 Å². The Hall–Kier alpha value is -2.33. The minimum atomic E-state index is -0.318. The lowest BCUT2D eigenvalue weighted by atomic mass is 10.1. The molecule has 1 atom stereocenters. The smallest absolute Gasteiger partial charge is 0.227 e. The molecule has 1 fully saturated rings. The van der Waals surface area contributed by atoms with Gasteiger partial charge in [-0.25, -0.2) is 0 Å². The molecule has 0 saturated carbocycles. The standard InChI is InChI=1S/C20H21ClN2O2/c1-13-3-8-18(9-14(13)2)23-12-16(10-19(23)24)20(25)22-11-15-4-6-17(21)7-5-15/h3-9,16H,10-12H2,1-2H3,(H,22,25)/t16-/m0/s1. The van der Waals surface area contributed by atoms with Gasteiger partial charge >= 0.3 is 0 Å². The van der Waals surface area contributed by atoms with Crippen LogP contribution in [0.2, 0.25) is 5.02 Å². The molecule has 0 radical (unpaired) electrons. The van der Waals surface area contributed by atoms with E-state index in [0.717, 1.165) is 16.8 Å². The molecular formula is C20H21ClN2O2. The summed E-state index contributed by atoms with van der Waals surface area (Å²) in [6, 6.07) is 13.3. The van der Waals surface area contributed by atoms with E-state index in [2.05, 4.69) is 5.32 Å². The van der Waals surface area contributed by atoms with Gasteiger partial charge in [0.2, 0.25) is 11.8 Å². The largest absolute Gasteiger partial charge is 0.352 e. The molecule has 25 heavy (non-hydrogen) atoms. The highest BCUT2D eigenvalue weighted by molar-refractivity contribution is 6.30. The normalized spacial score (nSPS) is 17.0. The van der Waals surface area contributed by atoms with Crippen LogP contribution in [0.5, 0.6) is 0 Å². The first-order chi connectivity index (χ1) is 11.9. The number of halogens is 1. The maximum atomic E-state index is 12.4. The van der Waals surface area contributed by atoms with E-state index in [1.807, 2.05) is 44.2 Å². The van der Waals surface area contributed by atoms with Crippen molar-refractivity contribution in [3.63, 3.8) is 0 Å². The first-order valence-electron chi connectivity index (χ1n) is 8.34. The molecule has 1 saturated heterocycles. The predicted octanol–water partition coefficient (Wildman–Crippen LogP) is 3.63. The summed E-state index contributed by atoms with van der Waals surface area (Å²) in [7, 11) is 0. The highest BCUT2D eigenvalue weighted by atomic mass is 35.5. The van der Waals surface area contributed by atoms with Crippen molar-refractivity contribution in [3.05, 3.63) is 64.2 Å². The van der Waals surface area contributed by atoms with Crippen LogP contribution in [0.3, 0.4) is 0 Å². The van der Waals surface area contributed by atoms with Crippen LogP contribution in [0.15, 0.2) is 42.5 Å². The summed E-state index contributed by atoms with van der Waals surface area (Å²) in [5.74, 6) is -0.411. The van der Waals surface area contributed by atoms with Crippen molar-refractivity contribution >= 4 is 29.1 Å². The van der Waals surface area contributed by atoms with Crippen molar-refractivity contribution in [2.75, 3.05) is 11.4 Å². The van der Waals surface area contributed by atoms with Crippen molar-refractivity contribution in [1.82, 2.24) is 5.32 Å². The highest BCUT2D eigenvalue weighted by Crippen LogP contribution is 2.27. The van der Waals surface area contributed by atoms with Crippen LogP contribution in [0.1, 0.15) is 23.1 Å². The zero-order valence-electron chi connectivity index (χ0n) is 14.4. The summed E-state index contributed by atoms with van der Waals surface area (Å²) in [6.45, 7) is 4.92. The third kappa shape index (κ3) is 4.02. The Morgan fingerprint density at radius 2 is 1.88 bits per heavy atom. The number of nitrogens with one attached hydrogen (secondary N) is 1. The van der Waals surface area contributed by atoms with Crippen molar-refractivity contribution < 1.29 is 9.59 Å². The Labute approximate surface area is 152 Å². The molecule has 0 unspecified atom stereocenters. The van der Waals surface area contributed by atoms with E-state index in [1.54, 1.807) is 17.0 Å². The number of nitrogens with zero attached hydrogens (tertiary/aromatic N) is 1. The van der Waals surface area contributed by atoms with Crippen LogP contribution in [0.4, 0.5) is 5.69 Å². The van der Waals surface area contributed by atoms with Gasteiger partial charge in [0.1, 0.15) is 0 Å². The average Bonchev–Trinajstić information content (AvgIpc) is 2.98. The fraction of sp³-hybridized carbons (Fsp3) is 0.300. The molecule has 1 N–H and O–H groups in total. The van der Waals surface area contributed by atoms with Gasteiger partial charge in [-0.1, -0.05) is 29.8 Å². The number of aryl methyl sites for hydroxylation is 2. The van der Waals surface area contributed by atoms with E-state index in [1.165, 1.54) is 5.56 Å². The number of anilines is 1. The quantitative estimate of drug-likeness (QED) is 0.909. The van der Waals surface area contributed by atoms with Crippen LogP contribution in [-0.2, 0) is 16.1 Å². The first kappa shape index (κ1) is 17.5. The Balaban J connectivity index is 1.62. The predicted molar refractivity (Wildman–Crippen MR) is 99.7 cm³/mol. The van der Waals surface area contributed by atoms with Gasteiger partial charge < -0.3 is 10.2 Å². The van der Waals surface area contributed by atoms with Crippen LogP contribution < -0.4 is 10.2 Å². The molecule has 5 heteroatoms. The van der Waals surface area contributed by atoms with E-state index >= 15 is 0 Å². The number of rotatable bonds is 4. The molecule has 0 aliphatic carbocycles. The minimum Gasteiger partial charge on any atom is -0.352 e. The average molecular weight is 357 g/mol. The third-order valence-electron chi connectivity index (χ3n) is 4.68. The van der Waals surface area contributed by atoms with Crippen LogP contribution >= 0.6 is 11.6 Å². The molecule has 2 aromatic rings. The molecule has 1 aliphatic rings. The van der Waals surface area contributed by atoms with Crippen molar-refractivity contribution in [2.45, 2.75) is 26.8 Å².